The highest BCUT2D eigenvalue weighted by atomic mass is 19.1. The van der Waals surface area contributed by atoms with Crippen LogP contribution in [0.1, 0.15) is 5.56 Å². The first-order valence-corrected chi connectivity index (χ1v) is 8.60. The molecule has 0 aromatic heterocycles. The van der Waals surface area contributed by atoms with Crippen LogP contribution in [0.3, 0.4) is 0 Å². The Hall–Kier alpha value is -2.76. The standard InChI is InChI=1S/C20H23FN2O3/c1-25-17-6-7-19(26-2)18(14-17)22-8-10-23(11-9-22)20(24)13-15-4-3-5-16(21)12-15/h3-7,12,14H,8-11,13H2,1-2H3. The van der Waals surface area contributed by atoms with Crippen molar-refractivity contribution in [3.63, 3.8) is 0 Å². The van der Waals surface area contributed by atoms with E-state index in [0.717, 1.165) is 17.2 Å². The fourth-order valence-corrected chi connectivity index (χ4v) is 3.17. The van der Waals surface area contributed by atoms with Crippen molar-refractivity contribution in [2.24, 2.45) is 0 Å². The first-order valence-electron chi connectivity index (χ1n) is 8.60. The molecule has 2 aromatic carbocycles. The number of carbonyl (C=O) groups is 1. The summed E-state index contributed by atoms with van der Waals surface area (Å²) in [6.45, 7) is 2.65. The predicted molar refractivity (Wildman–Crippen MR) is 98.4 cm³/mol. The van der Waals surface area contributed by atoms with Gasteiger partial charge in [-0.3, -0.25) is 4.79 Å². The lowest BCUT2D eigenvalue weighted by Gasteiger charge is -2.36. The van der Waals surface area contributed by atoms with Crippen LogP contribution in [0.4, 0.5) is 10.1 Å². The Morgan fingerprint density at radius 2 is 1.81 bits per heavy atom. The largest absolute Gasteiger partial charge is 0.497 e. The Labute approximate surface area is 152 Å². The summed E-state index contributed by atoms with van der Waals surface area (Å²) < 4.78 is 24.0. The topological polar surface area (TPSA) is 42.0 Å². The minimum absolute atomic E-state index is 0.0212. The molecule has 26 heavy (non-hydrogen) atoms. The number of hydrogen-bond donors (Lipinski definition) is 0. The van der Waals surface area contributed by atoms with Crippen molar-refractivity contribution in [3.05, 3.63) is 53.8 Å². The van der Waals surface area contributed by atoms with Crippen molar-refractivity contribution >= 4 is 11.6 Å². The van der Waals surface area contributed by atoms with Gasteiger partial charge >= 0.3 is 0 Å². The van der Waals surface area contributed by atoms with Gasteiger partial charge in [-0.25, -0.2) is 4.39 Å². The maximum Gasteiger partial charge on any atom is 0.227 e. The van der Waals surface area contributed by atoms with Gasteiger partial charge in [-0.15, -0.1) is 0 Å². The number of carbonyl (C=O) groups excluding carboxylic acids is 1. The molecule has 1 amide bonds. The Balaban J connectivity index is 1.63. The van der Waals surface area contributed by atoms with Gasteiger partial charge in [-0.2, -0.15) is 0 Å². The van der Waals surface area contributed by atoms with Crippen molar-refractivity contribution < 1.29 is 18.7 Å². The summed E-state index contributed by atoms with van der Waals surface area (Å²) in [5.74, 6) is 1.26. The summed E-state index contributed by atoms with van der Waals surface area (Å²) in [5, 5.41) is 0. The van der Waals surface area contributed by atoms with E-state index in [4.69, 9.17) is 9.47 Å². The van der Waals surface area contributed by atoms with Gasteiger partial charge in [-0.05, 0) is 29.8 Å². The summed E-state index contributed by atoms with van der Waals surface area (Å²) in [5.41, 5.74) is 1.66. The minimum Gasteiger partial charge on any atom is -0.497 e. The molecular formula is C20H23FN2O3. The van der Waals surface area contributed by atoms with Gasteiger partial charge in [0.15, 0.2) is 0 Å². The van der Waals surface area contributed by atoms with Crippen molar-refractivity contribution in [3.8, 4) is 11.5 Å². The van der Waals surface area contributed by atoms with E-state index in [1.807, 2.05) is 23.1 Å². The lowest BCUT2D eigenvalue weighted by molar-refractivity contribution is -0.130. The lowest BCUT2D eigenvalue weighted by atomic mass is 10.1. The summed E-state index contributed by atoms with van der Waals surface area (Å²) >= 11 is 0. The fourth-order valence-electron chi connectivity index (χ4n) is 3.17. The molecule has 1 aliphatic heterocycles. The van der Waals surface area contributed by atoms with Crippen LogP contribution in [0.2, 0.25) is 0 Å². The van der Waals surface area contributed by atoms with Gasteiger partial charge < -0.3 is 19.3 Å². The second-order valence-electron chi connectivity index (χ2n) is 6.21. The van der Waals surface area contributed by atoms with E-state index in [1.165, 1.54) is 12.1 Å². The Morgan fingerprint density at radius 3 is 2.46 bits per heavy atom. The van der Waals surface area contributed by atoms with Crippen LogP contribution in [0.5, 0.6) is 11.5 Å². The number of ether oxygens (including phenoxy) is 2. The highest BCUT2D eigenvalue weighted by Crippen LogP contribution is 2.32. The number of benzene rings is 2. The van der Waals surface area contributed by atoms with E-state index in [-0.39, 0.29) is 18.1 Å². The van der Waals surface area contributed by atoms with Gasteiger partial charge in [-0.1, -0.05) is 12.1 Å². The maximum absolute atomic E-state index is 13.3. The van der Waals surface area contributed by atoms with Gasteiger partial charge in [0.05, 0.1) is 26.3 Å². The number of methoxy groups -OCH3 is 2. The van der Waals surface area contributed by atoms with Gasteiger partial charge in [0, 0.05) is 32.2 Å². The zero-order valence-electron chi connectivity index (χ0n) is 15.1. The number of amides is 1. The van der Waals surface area contributed by atoms with Crippen LogP contribution in [-0.2, 0) is 11.2 Å². The molecule has 3 rings (SSSR count). The number of rotatable bonds is 5. The third-order valence-corrected chi connectivity index (χ3v) is 4.60. The van der Waals surface area contributed by atoms with Crippen LogP contribution in [0.25, 0.3) is 0 Å². The Kier molecular flexibility index (Phi) is 5.61. The molecule has 1 heterocycles. The molecule has 6 heteroatoms. The summed E-state index contributed by atoms with van der Waals surface area (Å²) in [7, 11) is 3.28. The van der Waals surface area contributed by atoms with E-state index in [2.05, 4.69) is 4.90 Å². The van der Waals surface area contributed by atoms with Crippen molar-refractivity contribution in [1.29, 1.82) is 0 Å². The number of hydrogen-bond acceptors (Lipinski definition) is 4. The third-order valence-electron chi connectivity index (χ3n) is 4.60. The molecule has 0 atom stereocenters. The van der Waals surface area contributed by atoms with Gasteiger partial charge in [0.1, 0.15) is 17.3 Å². The van der Waals surface area contributed by atoms with Crippen LogP contribution in [-0.4, -0.2) is 51.2 Å². The van der Waals surface area contributed by atoms with E-state index in [9.17, 15) is 9.18 Å². The average Bonchev–Trinajstić information content (AvgIpc) is 2.67. The van der Waals surface area contributed by atoms with Crippen LogP contribution in [0.15, 0.2) is 42.5 Å². The first kappa shape index (κ1) is 18.0. The average molecular weight is 358 g/mol. The van der Waals surface area contributed by atoms with Crippen molar-refractivity contribution in [1.82, 2.24) is 4.90 Å². The predicted octanol–water partition coefficient (Wildman–Crippen LogP) is 2.73. The number of nitrogens with zero attached hydrogens (tertiary/aromatic N) is 2. The van der Waals surface area contributed by atoms with Crippen LogP contribution >= 0.6 is 0 Å². The molecule has 0 aliphatic carbocycles. The monoisotopic (exact) mass is 358 g/mol. The van der Waals surface area contributed by atoms with E-state index < -0.39 is 0 Å². The SMILES string of the molecule is COc1ccc(OC)c(N2CCN(C(=O)Cc3cccc(F)c3)CC2)c1. The highest BCUT2D eigenvalue weighted by Gasteiger charge is 2.23. The fraction of sp³-hybridized carbons (Fsp3) is 0.350. The number of anilines is 1. The smallest absolute Gasteiger partial charge is 0.227 e. The molecular weight excluding hydrogens is 335 g/mol. The Morgan fingerprint density at radius 1 is 1.04 bits per heavy atom. The molecule has 138 valence electrons. The molecule has 0 spiro atoms. The molecule has 0 radical (unpaired) electrons. The van der Waals surface area contributed by atoms with Crippen LogP contribution in [0, 0.1) is 5.82 Å². The second kappa shape index (κ2) is 8.08. The molecule has 0 unspecified atom stereocenters. The van der Waals surface area contributed by atoms with Gasteiger partial charge in [0.25, 0.3) is 0 Å². The third kappa shape index (κ3) is 4.07. The minimum atomic E-state index is -0.315. The molecule has 0 N–H and O–H groups in total. The summed E-state index contributed by atoms with van der Waals surface area (Å²) in [4.78, 5) is 16.5. The molecule has 1 aliphatic rings. The molecule has 0 saturated carbocycles. The summed E-state index contributed by atoms with van der Waals surface area (Å²) in [6, 6.07) is 11.9. The first-order chi connectivity index (χ1) is 12.6. The zero-order valence-corrected chi connectivity index (χ0v) is 15.1. The molecule has 5 nitrogen and oxygen atoms in total. The van der Waals surface area contributed by atoms with Gasteiger partial charge in [0.2, 0.25) is 5.91 Å². The molecule has 1 saturated heterocycles. The number of piperazine rings is 1. The second-order valence-corrected chi connectivity index (χ2v) is 6.21. The van der Waals surface area contributed by atoms with E-state index in [1.54, 1.807) is 26.4 Å². The van der Waals surface area contributed by atoms with Crippen molar-refractivity contribution in [2.75, 3.05) is 45.3 Å². The van der Waals surface area contributed by atoms with E-state index >= 15 is 0 Å². The molecule has 0 bridgehead atoms. The van der Waals surface area contributed by atoms with Crippen LogP contribution < -0.4 is 14.4 Å². The molecule has 1 fully saturated rings. The highest BCUT2D eigenvalue weighted by molar-refractivity contribution is 5.79. The normalized spacial score (nSPS) is 14.3. The van der Waals surface area contributed by atoms with Crippen molar-refractivity contribution in [2.45, 2.75) is 6.42 Å². The Bertz CT molecular complexity index is 773. The maximum atomic E-state index is 13.3. The lowest BCUT2D eigenvalue weighted by Crippen LogP contribution is -2.49. The molecule has 2 aromatic rings. The quantitative estimate of drug-likeness (QED) is 0.824. The zero-order chi connectivity index (χ0) is 18.5. The van der Waals surface area contributed by atoms with E-state index in [0.29, 0.717) is 31.7 Å². The summed E-state index contributed by atoms with van der Waals surface area (Å²) in [6.07, 6.45) is 0.222. The number of halogens is 1.